The number of aromatic nitrogens is 2. The van der Waals surface area contributed by atoms with Gasteiger partial charge in [-0.25, -0.2) is 4.68 Å². The molecular weight excluding hydrogens is 258 g/mol. The van der Waals surface area contributed by atoms with E-state index in [0.29, 0.717) is 0 Å². The van der Waals surface area contributed by atoms with Crippen LogP contribution in [0.4, 0.5) is 5.82 Å². The van der Waals surface area contributed by atoms with E-state index in [1.807, 2.05) is 35.0 Å². The first-order valence-electron chi connectivity index (χ1n) is 6.06. The lowest BCUT2D eigenvalue weighted by Gasteiger charge is -2.04. The highest BCUT2D eigenvalue weighted by Crippen LogP contribution is 2.28. The van der Waals surface area contributed by atoms with Crippen LogP contribution in [0.5, 0.6) is 0 Å². The number of thiocarbonyl (C=S) groups is 1. The van der Waals surface area contributed by atoms with Crippen LogP contribution in [0.2, 0.25) is 0 Å². The Morgan fingerprint density at radius 2 is 1.79 bits per heavy atom. The highest BCUT2D eigenvalue weighted by Gasteiger charge is 2.20. The summed E-state index contributed by atoms with van der Waals surface area (Å²) in [5.41, 5.74) is 18.8. The Balaban J connectivity index is 0.000000297. The molecule has 1 heterocycles. The second-order valence-electron chi connectivity index (χ2n) is 4.31. The number of hydrogen-bond donors (Lipinski definition) is 3. The molecular formula is C13H17N5S. The number of nitrogens with zero attached hydrogens (tertiary/aromatic N) is 2. The van der Waals surface area contributed by atoms with E-state index in [2.05, 4.69) is 28.8 Å². The molecule has 0 amide bonds. The number of rotatable bonds is 1. The van der Waals surface area contributed by atoms with Crippen molar-refractivity contribution in [3.63, 3.8) is 0 Å². The predicted octanol–water partition coefficient (Wildman–Crippen LogP) is 1.13. The fourth-order valence-corrected chi connectivity index (χ4v) is 2.18. The van der Waals surface area contributed by atoms with Crippen molar-refractivity contribution in [2.75, 3.05) is 5.73 Å². The fraction of sp³-hybridized carbons (Fsp3) is 0.231. The third-order valence-corrected chi connectivity index (χ3v) is 2.95. The van der Waals surface area contributed by atoms with E-state index in [0.717, 1.165) is 24.3 Å². The van der Waals surface area contributed by atoms with E-state index in [-0.39, 0.29) is 5.11 Å². The Labute approximate surface area is 117 Å². The number of aryl methyl sites for hydroxylation is 1. The topological polar surface area (TPSA) is 95.9 Å². The Hall–Kier alpha value is -2.08. The van der Waals surface area contributed by atoms with E-state index in [1.165, 1.54) is 17.7 Å². The molecule has 1 aliphatic carbocycles. The summed E-state index contributed by atoms with van der Waals surface area (Å²) in [5, 5.41) is 4.55. The maximum absolute atomic E-state index is 6.09. The zero-order chi connectivity index (χ0) is 13.8. The highest BCUT2D eigenvalue weighted by atomic mass is 32.1. The minimum absolute atomic E-state index is 0.000000000000000222. The quantitative estimate of drug-likeness (QED) is 0.678. The van der Waals surface area contributed by atoms with E-state index >= 15 is 0 Å². The molecule has 0 fully saturated rings. The van der Waals surface area contributed by atoms with Crippen molar-refractivity contribution < 1.29 is 0 Å². The van der Waals surface area contributed by atoms with Crippen molar-refractivity contribution in [3.05, 3.63) is 41.6 Å². The zero-order valence-electron chi connectivity index (χ0n) is 10.5. The van der Waals surface area contributed by atoms with E-state index < -0.39 is 0 Å². The molecule has 6 N–H and O–H groups in total. The van der Waals surface area contributed by atoms with Crippen LogP contribution in [0, 0.1) is 0 Å². The van der Waals surface area contributed by atoms with Crippen molar-refractivity contribution in [1.82, 2.24) is 9.78 Å². The van der Waals surface area contributed by atoms with Gasteiger partial charge in [0.25, 0.3) is 0 Å². The summed E-state index contributed by atoms with van der Waals surface area (Å²) < 4.78 is 1.85. The van der Waals surface area contributed by atoms with Gasteiger partial charge >= 0.3 is 0 Å². The normalized spacial score (nSPS) is 12.4. The van der Waals surface area contributed by atoms with Crippen molar-refractivity contribution in [1.29, 1.82) is 0 Å². The zero-order valence-corrected chi connectivity index (χ0v) is 11.4. The lowest BCUT2D eigenvalue weighted by Crippen LogP contribution is -2.18. The first-order valence-corrected chi connectivity index (χ1v) is 6.47. The van der Waals surface area contributed by atoms with E-state index in [9.17, 15) is 0 Å². The molecule has 2 aromatic rings. The molecule has 3 rings (SSSR count). The van der Waals surface area contributed by atoms with Gasteiger partial charge in [0.2, 0.25) is 0 Å². The van der Waals surface area contributed by atoms with Gasteiger partial charge in [0, 0.05) is 5.56 Å². The molecule has 5 nitrogen and oxygen atoms in total. The van der Waals surface area contributed by atoms with Crippen LogP contribution in [0.3, 0.4) is 0 Å². The van der Waals surface area contributed by atoms with Crippen molar-refractivity contribution in [3.8, 4) is 5.69 Å². The first-order chi connectivity index (χ1) is 9.09. The second kappa shape index (κ2) is 5.71. The maximum Gasteiger partial charge on any atom is 0.160 e. The summed E-state index contributed by atoms with van der Waals surface area (Å²) in [6.45, 7) is 0. The van der Waals surface area contributed by atoms with Crippen molar-refractivity contribution >= 4 is 23.1 Å². The smallest absolute Gasteiger partial charge is 0.160 e. The van der Waals surface area contributed by atoms with Crippen LogP contribution >= 0.6 is 12.2 Å². The number of anilines is 1. The maximum atomic E-state index is 6.09. The molecule has 0 saturated carbocycles. The molecule has 1 aliphatic rings. The Morgan fingerprint density at radius 3 is 2.37 bits per heavy atom. The Morgan fingerprint density at radius 1 is 1.16 bits per heavy atom. The van der Waals surface area contributed by atoms with Gasteiger partial charge in [0.1, 0.15) is 5.82 Å². The summed E-state index contributed by atoms with van der Waals surface area (Å²) in [5.74, 6) is 0.814. The van der Waals surface area contributed by atoms with E-state index in [1.54, 1.807) is 0 Å². The Kier molecular flexibility index (Phi) is 4.01. The van der Waals surface area contributed by atoms with Gasteiger partial charge in [-0.3, -0.25) is 0 Å². The summed E-state index contributed by atoms with van der Waals surface area (Å²) in [6, 6.07) is 10.1. The number of para-hydroxylation sites is 1. The average molecular weight is 275 g/mol. The van der Waals surface area contributed by atoms with Gasteiger partial charge in [-0.15, -0.1) is 0 Å². The van der Waals surface area contributed by atoms with Crippen LogP contribution < -0.4 is 17.2 Å². The summed E-state index contributed by atoms with van der Waals surface area (Å²) in [6.07, 6.45) is 3.34. The molecule has 19 heavy (non-hydrogen) atoms. The van der Waals surface area contributed by atoms with Crippen molar-refractivity contribution in [2.45, 2.75) is 19.3 Å². The van der Waals surface area contributed by atoms with Gasteiger partial charge in [0.15, 0.2) is 5.11 Å². The third-order valence-electron chi connectivity index (χ3n) is 2.95. The molecule has 0 radical (unpaired) electrons. The lowest BCUT2D eigenvalue weighted by atomic mass is 10.2. The molecule has 0 bridgehead atoms. The molecule has 0 atom stereocenters. The van der Waals surface area contributed by atoms with Gasteiger partial charge in [-0.05, 0) is 43.6 Å². The van der Waals surface area contributed by atoms with Gasteiger partial charge < -0.3 is 17.2 Å². The monoisotopic (exact) mass is 275 g/mol. The fourth-order valence-electron chi connectivity index (χ4n) is 2.18. The second-order valence-corrected chi connectivity index (χ2v) is 4.79. The van der Waals surface area contributed by atoms with Gasteiger partial charge in [-0.2, -0.15) is 5.10 Å². The summed E-state index contributed by atoms with van der Waals surface area (Å²) in [4.78, 5) is 0. The SMILES string of the molecule is NC(N)=S.Nc1c2c(nn1-c1ccccc1)CCC2. The molecule has 100 valence electrons. The summed E-state index contributed by atoms with van der Waals surface area (Å²) >= 11 is 4.09. The van der Waals surface area contributed by atoms with Gasteiger partial charge in [-0.1, -0.05) is 18.2 Å². The van der Waals surface area contributed by atoms with Gasteiger partial charge in [0.05, 0.1) is 11.4 Å². The minimum Gasteiger partial charge on any atom is -0.383 e. The lowest BCUT2D eigenvalue weighted by molar-refractivity contribution is 0.808. The number of nitrogens with two attached hydrogens (primary N) is 3. The standard InChI is InChI=1S/C12H13N3.CH4N2S/c13-12-10-7-4-8-11(10)14-15(12)9-5-2-1-3-6-9;2-1(3)4/h1-3,5-6H,4,7-8,13H2;(H4,2,3,4). The van der Waals surface area contributed by atoms with Crippen LogP contribution in [0.15, 0.2) is 30.3 Å². The third kappa shape index (κ3) is 3.03. The molecule has 6 heteroatoms. The first kappa shape index (κ1) is 13.4. The number of benzene rings is 1. The van der Waals surface area contributed by atoms with Crippen LogP contribution in [0.1, 0.15) is 17.7 Å². The molecule has 0 saturated heterocycles. The average Bonchev–Trinajstić information content (AvgIpc) is 2.93. The largest absolute Gasteiger partial charge is 0.383 e. The number of nitrogen functional groups attached to an aromatic ring is 1. The van der Waals surface area contributed by atoms with Crippen LogP contribution in [-0.4, -0.2) is 14.9 Å². The molecule has 1 aromatic heterocycles. The highest BCUT2D eigenvalue weighted by molar-refractivity contribution is 7.80. The molecule has 1 aromatic carbocycles. The van der Waals surface area contributed by atoms with E-state index in [4.69, 9.17) is 5.73 Å². The number of fused-ring (bicyclic) bond motifs is 1. The predicted molar refractivity (Wildman–Crippen MR) is 81.0 cm³/mol. The Bertz CT molecular complexity index is 572. The van der Waals surface area contributed by atoms with Crippen LogP contribution in [-0.2, 0) is 12.8 Å². The van der Waals surface area contributed by atoms with Crippen LogP contribution in [0.25, 0.3) is 5.69 Å². The minimum atomic E-state index is 0.000000000000000222. The number of hydrogen-bond acceptors (Lipinski definition) is 3. The molecule has 0 spiro atoms. The molecule has 0 aliphatic heterocycles. The van der Waals surface area contributed by atoms with Crippen molar-refractivity contribution in [2.24, 2.45) is 11.5 Å². The summed E-state index contributed by atoms with van der Waals surface area (Å²) in [7, 11) is 0. The molecule has 0 unspecified atom stereocenters.